The number of amides is 1. The Balaban J connectivity index is 1.91. The molecule has 0 aromatic carbocycles. The smallest absolute Gasteiger partial charge is 0.211 e. The zero-order valence-electron chi connectivity index (χ0n) is 15.5. The molecule has 0 aromatic heterocycles. The van der Waals surface area contributed by atoms with Crippen molar-refractivity contribution in [2.24, 2.45) is 28.6 Å². The quantitative estimate of drug-likeness (QED) is 0.561. The lowest BCUT2D eigenvalue weighted by Crippen LogP contribution is -2.51. The van der Waals surface area contributed by atoms with Crippen molar-refractivity contribution in [1.29, 1.82) is 0 Å². The van der Waals surface area contributed by atoms with Gasteiger partial charge in [-0.3, -0.25) is 4.79 Å². The molecule has 0 aromatic rings. The third-order valence-electron chi connectivity index (χ3n) is 7.62. The highest BCUT2D eigenvalue weighted by atomic mass is 16.5. The lowest BCUT2D eigenvalue weighted by atomic mass is 9.50. The number of nitrogens with one attached hydrogen (secondary N) is 1. The number of carbonyl (C=O) groups is 1. The molecule has 0 aliphatic heterocycles. The van der Waals surface area contributed by atoms with Gasteiger partial charge in [-0.25, -0.2) is 0 Å². The van der Waals surface area contributed by atoms with Gasteiger partial charge in [-0.15, -0.1) is 0 Å². The van der Waals surface area contributed by atoms with Gasteiger partial charge in [0.25, 0.3) is 0 Å². The van der Waals surface area contributed by atoms with E-state index in [-0.39, 0.29) is 10.8 Å². The molecule has 134 valence electrons. The summed E-state index contributed by atoms with van der Waals surface area (Å²) in [5, 5.41) is 3.03. The van der Waals surface area contributed by atoms with Crippen molar-refractivity contribution in [3.05, 3.63) is 24.6 Å². The van der Waals surface area contributed by atoms with Gasteiger partial charge in [0.1, 0.15) is 6.10 Å². The van der Waals surface area contributed by atoms with E-state index in [1.165, 1.54) is 25.0 Å². The first-order valence-corrected chi connectivity index (χ1v) is 9.68. The fourth-order valence-corrected chi connectivity index (χ4v) is 6.51. The molecule has 6 unspecified atom stereocenters. The summed E-state index contributed by atoms with van der Waals surface area (Å²) in [6.07, 6.45) is 13.4. The Bertz CT molecular complexity index is 528. The standard InChI is InChI=1S/C21H33NO2/c1-5-12-20(3)17-11-13-21(4)16(8-10-19(21)24-6-2)15(17)7-9-18(20)22-14-23/h6,9,14-17,19H,2,5,7-8,10-13H2,1,3-4H3,(H,22,23). The summed E-state index contributed by atoms with van der Waals surface area (Å²) >= 11 is 0. The van der Waals surface area contributed by atoms with E-state index in [2.05, 4.69) is 38.7 Å². The van der Waals surface area contributed by atoms with Crippen LogP contribution in [0, 0.1) is 28.6 Å². The van der Waals surface area contributed by atoms with Crippen molar-refractivity contribution in [3.63, 3.8) is 0 Å². The molecule has 3 aliphatic carbocycles. The van der Waals surface area contributed by atoms with E-state index in [9.17, 15) is 4.79 Å². The minimum absolute atomic E-state index is 0.108. The van der Waals surface area contributed by atoms with Crippen molar-refractivity contribution in [2.45, 2.75) is 71.8 Å². The predicted octanol–water partition coefficient (Wildman–Crippen LogP) is 4.80. The van der Waals surface area contributed by atoms with E-state index in [0.717, 1.165) is 43.9 Å². The summed E-state index contributed by atoms with van der Waals surface area (Å²) in [7, 11) is 0. The third-order valence-corrected chi connectivity index (χ3v) is 7.62. The largest absolute Gasteiger partial charge is 0.498 e. The Hall–Kier alpha value is -1.25. The zero-order chi connectivity index (χ0) is 17.4. The van der Waals surface area contributed by atoms with Gasteiger partial charge in [0.2, 0.25) is 6.41 Å². The van der Waals surface area contributed by atoms with Gasteiger partial charge in [0.05, 0.1) is 6.26 Å². The molecule has 1 N–H and O–H groups in total. The monoisotopic (exact) mass is 331 g/mol. The lowest BCUT2D eigenvalue weighted by molar-refractivity contribution is -0.110. The van der Waals surface area contributed by atoms with Gasteiger partial charge >= 0.3 is 0 Å². The number of ether oxygens (including phenoxy) is 1. The molecule has 3 rings (SSSR count). The molecular weight excluding hydrogens is 298 g/mol. The fraction of sp³-hybridized carbons (Fsp3) is 0.762. The molecule has 0 heterocycles. The summed E-state index contributed by atoms with van der Waals surface area (Å²) in [5.74, 6) is 2.12. The number of fused-ring (bicyclic) bond motifs is 3. The Morgan fingerprint density at radius 3 is 2.79 bits per heavy atom. The third kappa shape index (κ3) is 2.51. The van der Waals surface area contributed by atoms with Crippen LogP contribution in [0.4, 0.5) is 0 Å². The van der Waals surface area contributed by atoms with Gasteiger partial charge in [-0.2, -0.15) is 0 Å². The van der Waals surface area contributed by atoms with E-state index in [1.807, 2.05) is 0 Å². The highest BCUT2D eigenvalue weighted by Crippen LogP contribution is 2.63. The van der Waals surface area contributed by atoms with Crippen LogP contribution in [0.2, 0.25) is 0 Å². The van der Waals surface area contributed by atoms with Crippen LogP contribution >= 0.6 is 0 Å². The van der Waals surface area contributed by atoms with Crippen LogP contribution in [0.1, 0.15) is 65.7 Å². The van der Waals surface area contributed by atoms with Crippen LogP contribution in [0.3, 0.4) is 0 Å². The summed E-state index contributed by atoms with van der Waals surface area (Å²) in [5.41, 5.74) is 1.56. The molecule has 0 radical (unpaired) electrons. The van der Waals surface area contributed by atoms with E-state index >= 15 is 0 Å². The fourth-order valence-electron chi connectivity index (χ4n) is 6.51. The summed E-state index contributed by atoms with van der Waals surface area (Å²) in [6, 6.07) is 0. The maximum absolute atomic E-state index is 11.1. The SMILES string of the molecule is C=COC1CCC2C3CC=C(NC=O)C(C)(CCC)C3CCC12C. The average Bonchev–Trinajstić information content (AvgIpc) is 2.88. The molecule has 3 nitrogen and oxygen atoms in total. The van der Waals surface area contributed by atoms with Gasteiger partial charge < -0.3 is 10.1 Å². The predicted molar refractivity (Wildman–Crippen MR) is 97.0 cm³/mol. The summed E-state index contributed by atoms with van der Waals surface area (Å²) < 4.78 is 5.90. The lowest BCUT2D eigenvalue weighted by Gasteiger charge is -2.56. The van der Waals surface area contributed by atoms with Gasteiger partial charge in [0, 0.05) is 16.5 Å². The van der Waals surface area contributed by atoms with Crippen LogP contribution in [0.25, 0.3) is 0 Å². The maximum Gasteiger partial charge on any atom is 0.211 e. The molecule has 3 heteroatoms. The van der Waals surface area contributed by atoms with Crippen molar-refractivity contribution in [2.75, 3.05) is 0 Å². The molecule has 1 amide bonds. The highest BCUT2D eigenvalue weighted by molar-refractivity contribution is 5.51. The van der Waals surface area contributed by atoms with Crippen LogP contribution in [-0.2, 0) is 9.53 Å². The molecule has 2 fully saturated rings. The van der Waals surface area contributed by atoms with E-state index in [0.29, 0.717) is 12.0 Å². The molecule has 6 atom stereocenters. The first kappa shape index (κ1) is 17.6. The Labute approximate surface area is 146 Å². The second kappa shape index (κ2) is 6.57. The normalized spacial score (nSPS) is 44.0. The summed E-state index contributed by atoms with van der Waals surface area (Å²) in [4.78, 5) is 11.1. The second-order valence-corrected chi connectivity index (χ2v) is 8.57. The molecule has 0 saturated heterocycles. The van der Waals surface area contributed by atoms with Crippen LogP contribution < -0.4 is 5.32 Å². The maximum atomic E-state index is 11.1. The Morgan fingerprint density at radius 1 is 1.33 bits per heavy atom. The van der Waals surface area contributed by atoms with E-state index in [1.54, 1.807) is 6.26 Å². The molecule has 0 spiro atoms. The number of rotatable bonds is 6. The second-order valence-electron chi connectivity index (χ2n) is 8.57. The highest BCUT2D eigenvalue weighted by Gasteiger charge is 2.58. The van der Waals surface area contributed by atoms with E-state index in [4.69, 9.17) is 4.74 Å². The Morgan fingerprint density at radius 2 is 2.12 bits per heavy atom. The number of hydrogen-bond acceptors (Lipinski definition) is 2. The van der Waals surface area contributed by atoms with Crippen LogP contribution in [0.5, 0.6) is 0 Å². The molecule has 2 saturated carbocycles. The molecule has 24 heavy (non-hydrogen) atoms. The molecule has 3 aliphatic rings. The van der Waals surface area contributed by atoms with Crippen LogP contribution in [-0.4, -0.2) is 12.5 Å². The first-order chi connectivity index (χ1) is 11.5. The van der Waals surface area contributed by atoms with Gasteiger partial charge in [-0.1, -0.05) is 39.8 Å². The number of allylic oxidation sites excluding steroid dienone is 2. The van der Waals surface area contributed by atoms with Crippen LogP contribution in [0.15, 0.2) is 24.6 Å². The van der Waals surface area contributed by atoms with E-state index < -0.39 is 0 Å². The Kier molecular flexibility index (Phi) is 4.81. The number of hydrogen-bond donors (Lipinski definition) is 1. The summed E-state index contributed by atoms with van der Waals surface area (Å²) in [6.45, 7) is 10.9. The molecular formula is C21H33NO2. The molecule has 0 bridgehead atoms. The van der Waals surface area contributed by atoms with Crippen molar-refractivity contribution < 1.29 is 9.53 Å². The van der Waals surface area contributed by atoms with Crippen molar-refractivity contribution in [3.8, 4) is 0 Å². The van der Waals surface area contributed by atoms with Gasteiger partial charge in [0.15, 0.2) is 0 Å². The first-order valence-electron chi connectivity index (χ1n) is 9.68. The minimum atomic E-state index is 0.108. The zero-order valence-corrected chi connectivity index (χ0v) is 15.5. The van der Waals surface area contributed by atoms with Crippen molar-refractivity contribution in [1.82, 2.24) is 5.32 Å². The minimum Gasteiger partial charge on any atom is -0.498 e. The van der Waals surface area contributed by atoms with Gasteiger partial charge in [-0.05, 0) is 56.3 Å². The topological polar surface area (TPSA) is 38.3 Å². The average molecular weight is 332 g/mol. The number of carbonyl (C=O) groups excluding carboxylic acids is 1. The van der Waals surface area contributed by atoms with Crippen molar-refractivity contribution >= 4 is 6.41 Å².